The van der Waals surface area contributed by atoms with Crippen LogP contribution in [0.1, 0.15) is 20.7 Å². The second-order valence-electron chi connectivity index (χ2n) is 4.22. The summed E-state index contributed by atoms with van der Waals surface area (Å²) in [7, 11) is 0. The zero-order chi connectivity index (χ0) is 16.1. The molecule has 0 spiro atoms. The largest absolute Gasteiger partial charge is 0.269 e. The molecule has 0 heterocycles. The van der Waals surface area contributed by atoms with Crippen molar-refractivity contribution in [2.45, 2.75) is 0 Å². The van der Waals surface area contributed by atoms with Gasteiger partial charge in [-0.1, -0.05) is 6.07 Å². The number of nitro groups is 1. The fourth-order valence-corrected chi connectivity index (χ4v) is 2.17. The minimum absolute atomic E-state index is 0.112. The first-order valence-electron chi connectivity index (χ1n) is 6.08. The van der Waals surface area contributed by atoms with Crippen molar-refractivity contribution in [1.82, 2.24) is 10.9 Å². The van der Waals surface area contributed by atoms with E-state index in [9.17, 15) is 19.7 Å². The molecule has 2 amide bonds. The molecule has 0 aliphatic rings. The Kier molecular flexibility index (Phi) is 5.04. The molecule has 22 heavy (non-hydrogen) atoms. The minimum atomic E-state index is -0.561. The van der Waals surface area contributed by atoms with Crippen LogP contribution in [0.25, 0.3) is 0 Å². The van der Waals surface area contributed by atoms with Gasteiger partial charge in [0, 0.05) is 26.8 Å². The van der Waals surface area contributed by atoms with Gasteiger partial charge in [-0.25, -0.2) is 0 Å². The molecule has 8 heteroatoms. The van der Waals surface area contributed by atoms with Gasteiger partial charge in [0.2, 0.25) is 0 Å². The maximum absolute atomic E-state index is 11.9. The number of hydrogen-bond donors (Lipinski definition) is 2. The van der Waals surface area contributed by atoms with Gasteiger partial charge in [-0.3, -0.25) is 30.6 Å². The third-order valence-electron chi connectivity index (χ3n) is 2.72. The summed E-state index contributed by atoms with van der Waals surface area (Å²) in [6, 6.07) is 11.9. The number of rotatable bonds is 3. The number of benzene rings is 2. The van der Waals surface area contributed by atoms with Crippen LogP contribution in [-0.4, -0.2) is 16.7 Å². The molecule has 0 unspecified atom stereocenters. The van der Waals surface area contributed by atoms with Crippen molar-refractivity contribution in [3.63, 3.8) is 0 Å². The molecule has 0 fully saturated rings. The Balaban J connectivity index is 1.97. The first kappa shape index (κ1) is 15.9. The maximum atomic E-state index is 11.9. The van der Waals surface area contributed by atoms with Gasteiger partial charge in [-0.2, -0.15) is 0 Å². The van der Waals surface area contributed by atoms with E-state index in [1.165, 1.54) is 24.3 Å². The lowest BCUT2D eigenvalue weighted by Crippen LogP contribution is -2.41. The lowest BCUT2D eigenvalue weighted by atomic mass is 10.2. The summed E-state index contributed by atoms with van der Waals surface area (Å²) < 4.78 is 0.895. The van der Waals surface area contributed by atoms with Crippen LogP contribution in [0.15, 0.2) is 48.5 Å². The molecule has 0 saturated heterocycles. The summed E-state index contributed by atoms with van der Waals surface area (Å²) in [6.07, 6.45) is 0. The number of nitrogens with one attached hydrogen (secondary N) is 2. The third-order valence-corrected chi connectivity index (χ3v) is 3.39. The predicted octanol–water partition coefficient (Wildman–Crippen LogP) is 2.27. The number of carbonyl (C=O) groups is 2. The average Bonchev–Trinajstić information content (AvgIpc) is 2.52. The second-order valence-corrected chi connectivity index (χ2v) is 5.47. The van der Waals surface area contributed by atoms with Gasteiger partial charge in [0.05, 0.1) is 4.92 Å². The van der Waals surface area contributed by atoms with E-state index in [1.807, 2.05) is 6.07 Å². The van der Waals surface area contributed by atoms with Crippen molar-refractivity contribution in [1.29, 1.82) is 0 Å². The zero-order valence-corrected chi connectivity index (χ0v) is 13.2. The van der Waals surface area contributed by atoms with Crippen LogP contribution in [0.2, 0.25) is 0 Å². The van der Waals surface area contributed by atoms with Crippen molar-refractivity contribution in [3.05, 3.63) is 73.3 Å². The molecule has 0 radical (unpaired) electrons. The number of nitrogens with zero attached hydrogens (tertiary/aromatic N) is 1. The lowest BCUT2D eigenvalue weighted by Gasteiger charge is -2.07. The van der Waals surface area contributed by atoms with Crippen LogP contribution in [0, 0.1) is 13.7 Å². The number of carbonyl (C=O) groups excluding carboxylic acids is 2. The van der Waals surface area contributed by atoms with E-state index in [1.54, 1.807) is 18.2 Å². The Morgan fingerprint density at radius 2 is 1.55 bits per heavy atom. The lowest BCUT2D eigenvalue weighted by molar-refractivity contribution is -0.384. The van der Waals surface area contributed by atoms with Crippen LogP contribution >= 0.6 is 22.6 Å². The Bertz CT molecular complexity index is 731. The number of hydrogen-bond acceptors (Lipinski definition) is 4. The van der Waals surface area contributed by atoms with Crippen LogP contribution < -0.4 is 10.9 Å². The topological polar surface area (TPSA) is 101 Å². The Morgan fingerprint density at radius 3 is 2.09 bits per heavy atom. The average molecular weight is 411 g/mol. The summed E-state index contributed by atoms with van der Waals surface area (Å²) >= 11 is 2.08. The molecule has 0 aromatic heterocycles. The quantitative estimate of drug-likeness (QED) is 0.460. The van der Waals surface area contributed by atoms with E-state index in [0.29, 0.717) is 5.56 Å². The normalized spacial score (nSPS) is 9.86. The summed E-state index contributed by atoms with van der Waals surface area (Å²) in [5, 5.41) is 10.5. The van der Waals surface area contributed by atoms with Gasteiger partial charge in [-0.15, -0.1) is 0 Å². The van der Waals surface area contributed by atoms with E-state index >= 15 is 0 Å². The highest BCUT2D eigenvalue weighted by Crippen LogP contribution is 2.11. The van der Waals surface area contributed by atoms with Gasteiger partial charge in [-0.05, 0) is 52.9 Å². The number of hydrazine groups is 1. The molecule has 7 nitrogen and oxygen atoms in total. The fourth-order valence-electron chi connectivity index (χ4n) is 1.62. The van der Waals surface area contributed by atoms with Crippen LogP contribution in [0.3, 0.4) is 0 Å². The Hall–Kier alpha value is -2.49. The summed E-state index contributed by atoms with van der Waals surface area (Å²) in [5.41, 5.74) is 5.04. The van der Waals surface area contributed by atoms with Crippen LogP contribution in [0.5, 0.6) is 0 Å². The van der Waals surface area contributed by atoms with Crippen molar-refractivity contribution in [2.24, 2.45) is 0 Å². The van der Waals surface area contributed by atoms with Crippen LogP contribution in [-0.2, 0) is 0 Å². The second kappa shape index (κ2) is 6.98. The van der Waals surface area contributed by atoms with Crippen molar-refractivity contribution in [3.8, 4) is 0 Å². The highest BCUT2D eigenvalue weighted by Gasteiger charge is 2.11. The van der Waals surface area contributed by atoms with Gasteiger partial charge < -0.3 is 0 Å². The number of halogens is 1. The van der Waals surface area contributed by atoms with Gasteiger partial charge in [0.1, 0.15) is 0 Å². The molecule has 0 bridgehead atoms. The summed E-state index contributed by atoms with van der Waals surface area (Å²) in [6.45, 7) is 0. The molecular formula is C14H10IN3O4. The summed E-state index contributed by atoms with van der Waals surface area (Å²) in [5.74, 6) is -1.01. The van der Waals surface area contributed by atoms with Crippen molar-refractivity contribution in [2.75, 3.05) is 0 Å². The first-order valence-corrected chi connectivity index (χ1v) is 7.16. The monoisotopic (exact) mass is 411 g/mol. The predicted molar refractivity (Wildman–Crippen MR) is 87.2 cm³/mol. The third kappa shape index (κ3) is 4.01. The molecule has 2 rings (SSSR count). The fraction of sp³-hybridized carbons (Fsp3) is 0. The molecule has 112 valence electrons. The molecule has 0 aliphatic heterocycles. The van der Waals surface area contributed by atoms with Gasteiger partial charge in [0.15, 0.2) is 0 Å². The van der Waals surface area contributed by atoms with Gasteiger partial charge >= 0.3 is 0 Å². The van der Waals surface area contributed by atoms with Gasteiger partial charge in [0.25, 0.3) is 17.5 Å². The highest BCUT2D eigenvalue weighted by molar-refractivity contribution is 14.1. The SMILES string of the molecule is O=C(NNC(=O)c1cccc(I)c1)c1ccc([N+](=O)[O-])cc1. The Morgan fingerprint density at radius 1 is 0.955 bits per heavy atom. The maximum Gasteiger partial charge on any atom is 0.269 e. The molecule has 0 atom stereocenters. The molecule has 0 aliphatic carbocycles. The summed E-state index contributed by atoms with van der Waals surface area (Å²) in [4.78, 5) is 33.7. The molecule has 2 aromatic carbocycles. The van der Waals surface area contributed by atoms with E-state index in [-0.39, 0.29) is 11.3 Å². The molecule has 2 aromatic rings. The van der Waals surface area contributed by atoms with Crippen molar-refractivity contribution >= 4 is 40.1 Å². The standard InChI is InChI=1S/C14H10IN3O4/c15-11-3-1-2-10(8-11)14(20)17-16-13(19)9-4-6-12(7-5-9)18(21)22/h1-8H,(H,16,19)(H,17,20). The molecular weight excluding hydrogens is 401 g/mol. The first-order chi connectivity index (χ1) is 10.5. The van der Waals surface area contributed by atoms with E-state index in [2.05, 4.69) is 33.4 Å². The van der Waals surface area contributed by atoms with E-state index in [0.717, 1.165) is 3.57 Å². The molecule has 2 N–H and O–H groups in total. The highest BCUT2D eigenvalue weighted by atomic mass is 127. The van der Waals surface area contributed by atoms with Crippen LogP contribution in [0.4, 0.5) is 5.69 Å². The zero-order valence-electron chi connectivity index (χ0n) is 11.1. The van der Waals surface area contributed by atoms with Crippen molar-refractivity contribution < 1.29 is 14.5 Å². The van der Waals surface area contributed by atoms with E-state index < -0.39 is 16.7 Å². The smallest absolute Gasteiger partial charge is 0.267 e. The van der Waals surface area contributed by atoms with E-state index in [4.69, 9.17) is 0 Å². The molecule has 0 saturated carbocycles. The number of amides is 2. The number of nitro benzene ring substituents is 1. The minimum Gasteiger partial charge on any atom is -0.267 e. The Labute approximate surface area is 139 Å². The number of non-ortho nitro benzene ring substituents is 1.